The number of fused-ring (bicyclic) bond motifs is 1. The molecule has 2 aliphatic rings. The van der Waals surface area contributed by atoms with Crippen molar-refractivity contribution in [3.05, 3.63) is 0 Å². The summed E-state index contributed by atoms with van der Waals surface area (Å²) in [5, 5.41) is 9.26. The molecule has 2 rings (SSSR count). The van der Waals surface area contributed by atoms with E-state index >= 15 is 0 Å². The highest BCUT2D eigenvalue weighted by Gasteiger charge is 2.41. The van der Waals surface area contributed by atoms with Gasteiger partial charge in [0, 0.05) is 19.7 Å². The number of hydrogen-bond acceptors (Lipinski definition) is 2. The van der Waals surface area contributed by atoms with E-state index in [4.69, 9.17) is 0 Å². The maximum atomic E-state index is 9.26. The van der Waals surface area contributed by atoms with Crippen LogP contribution >= 0.6 is 0 Å². The number of rotatable bonds is 1. The molecule has 2 heteroatoms. The number of hydrogen-bond donors (Lipinski definition) is 1. The Morgan fingerprint density at radius 3 is 2.69 bits per heavy atom. The Kier molecular flexibility index (Phi) is 2.61. The Labute approximate surface area is 80.9 Å². The zero-order valence-corrected chi connectivity index (χ0v) is 8.74. The predicted molar refractivity (Wildman–Crippen MR) is 53.5 cm³/mol. The molecule has 0 aromatic rings. The average molecular weight is 183 g/mol. The standard InChI is InChI=1S/C11H21NO/c1-8-5-12(2)6-11-9(7-13)3-4-10(8)11/h8-11,13H,3-7H2,1-2H3. The Balaban J connectivity index is 2.07. The van der Waals surface area contributed by atoms with Crippen LogP contribution in [0.1, 0.15) is 19.8 Å². The van der Waals surface area contributed by atoms with Crippen molar-refractivity contribution < 1.29 is 5.11 Å². The molecule has 2 fully saturated rings. The lowest BCUT2D eigenvalue weighted by Gasteiger charge is -2.39. The first-order valence-electron chi connectivity index (χ1n) is 5.51. The number of aliphatic hydroxyl groups excluding tert-OH is 1. The monoisotopic (exact) mass is 183 g/mol. The van der Waals surface area contributed by atoms with Crippen LogP contribution in [0.25, 0.3) is 0 Å². The van der Waals surface area contributed by atoms with Crippen molar-refractivity contribution in [2.24, 2.45) is 23.7 Å². The van der Waals surface area contributed by atoms with Crippen LogP contribution in [0.15, 0.2) is 0 Å². The molecule has 76 valence electrons. The van der Waals surface area contributed by atoms with Gasteiger partial charge < -0.3 is 10.0 Å². The Bertz CT molecular complexity index is 183. The molecule has 0 bridgehead atoms. The van der Waals surface area contributed by atoms with Crippen molar-refractivity contribution in [2.45, 2.75) is 19.8 Å². The van der Waals surface area contributed by atoms with Crippen LogP contribution in [0, 0.1) is 23.7 Å². The third kappa shape index (κ3) is 1.62. The molecular formula is C11H21NO. The summed E-state index contributed by atoms with van der Waals surface area (Å²) < 4.78 is 0. The molecule has 1 aliphatic carbocycles. The van der Waals surface area contributed by atoms with Crippen molar-refractivity contribution in [3.63, 3.8) is 0 Å². The highest BCUT2D eigenvalue weighted by atomic mass is 16.3. The fourth-order valence-corrected chi connectivity index (χ4v) is 3.46. The van der Waals surface area contributed by atoms with Gasteiger partial charge in [-0.15, -0.1) is 0 Å². The van der Waals surface area contributed by atoms with E-state index in [1.165, 1.54) is 25.9 Å². The molecule has 1 saturated carbocycles. The van der Waals surface area contributed by atoms with Gasteiger partial charge in [-0.05, 0) is 43.6 Å². The van der Waals surface area contributed by atoms with Gasteiger partial charge in [0.15, 0.2) is 0 Å². The molecule has 1 heterocycles. The first kappa shape index (κ1) is 9.47. The number of piperidine rings is 1. The Hall–Kier alpha value is -0.0800. The van der Waals surface area contributed by atoms with Gasteiger partial charge in [-0.1, -0.05) is 6.92 Å². The van der Waals surface area contributed by atoms with Gasteiger partial charge in [-0.3, -0.25) is 0 Å². The van der Waals surface area contributed by atoms with Crippen LogP contribution in [0.3, 0.4) is 0 Å². The van der Waals surface area contributed by atoms with Crippen molar-refractivity contribution in [1.29, 1.82) is 0 Å². The van der Waals surface area contributed by atoms with Crippen LogP contribution < -0.4 is 0 Å². The van der Waals surface area contributed by atoms with Gasteiger partial charge in [0.05, 0.1) is 0 Å². The normalized spacial score (nSPS) is 46.4. The Morgan fingerprint density at radius 2 is 2.00 bits per heavy atom. The van der Waals surface area contributed by atoms with Crippen molar-refractivity contribution >= 4 is 0 Å². The molecule has 4 unspecified atom stereocenters. The highest BCUT2D eigenvalue weighted by molar-refractivity contribution is 4.92. The molecule has 0 amide bonds. The van der Waals surface area contributed by atoms with Gasteiger partial charge in [0.1, 0.15) is 0 Å². The molecule has 2 nitrogen and oxygen atoms in total. The average Bonchev–Trinajstić information content (AvgIpc) is 2.47. The van der Waals surface area contributed by atoms with E-state index in [1.807, 2.05) is 0 Å². The van der Waals surface area contributed by atoms with E-state index in [-0.39, 0.29) is 0 Å². The van der Waals surface area contributed by atoms with Crippen molar-refractivity contribution in [3.8, 4) is 0 Å². The largest absolute Gasteiger partial charge is 0.396 e. The first-order chi connectivity index (χ1) is 6.22. The second kappa shape index (κ2) is 3.58. The van der Waals surface area contributed by atoms with E-state index in [9.17, 15) is 5.11 Å². The van der Waals surface area contributed by atoms with Gasteiger partial charge in [0.25, 0.3) is 0 Å². The summed E-state index contributed by atoms with van der Waals surface area (Å²) >= 11 is 0. The summed E-state index contributed by atoms with van der Waals surface area (Å²) in [7, 11) is 2.21. The van der Waals surface area contributed by atoms with Crippen LogP contribution in [-0.4, -0.2) is 36.8 Å². The SMILES string of the molecule is CC1CN(C)CC2C(CO)CCC12. The first-order valence-corrected chi connectivity index (χ1v) is 5.51. The van der Waals surface area contributed by atoms with Crippen LogP contribution in [0.2, 0.25) is 0 Å². The van der Waals surface area contributed by atoms with Crippen LogP contribution in [0.5, 0.6) is 0 Å². The summed E-state index contributed by atoms with van der Waals surface area (Å²) in [5.74, 6) is 3.10. The fraction of sp³-hybridized carbons (Fsp3) is 1.00. The van der Waals surface area contributed by atoms with E-state index in [0.717, 1.165) is 17.8 Å². The van der Waals surface area contributed by atoms with E-state index in [0.29, 0.717) is 12.5 Å². The minimum Gasteiger partial charge on any atom is -0.396 e. The summed E-state index contributed by atoms with van der Waals surface area (Å²) in [4.78, 5) is 2.43. The molecule has 0 radical (unpaired) electrons. The van der Waals surface area contributed by atoms with Gasteiger partial charge in [-0.2, -0.15) is 0 Å². The molecule has 0 spiro atoms. The molecular weight excluding hydrogens is 162 g/mol. The van der Waals surface area contributed by atoms with Crippen LogP contribution in [-0.2, 0) is 0 Å². The fourth-order valence-electron chi connectivity index (χ4n) is 3.46. The minimum absolute atomic E-state index is 0.404. The highest BCUT2D eigenvalue weighted by Crippen LogP contribution is 2.43. The van der Waals surface area contributed by atoms with Crippen molar-refractivity contribution in [1.82, 2.24) is 4.90 Å². The van der Waals surface area contributed by atoms with E-state index < -0.39 is 0 Å². The lowest BCUT2D eigenvalue weighted by Crippen LogP contribution is -2.43. The van der Waals surface area contributed by atoms with E-state index in [1.54, 1.807) is 0 Å². The quantitative estimate of drug-likeness (QED) is 0.660. The number of nitrogens with zero attached hydrogens (tertiary/aromatic N) is 1. The predicted octanol–water partition coefficient (Wildman–Crippen LogP) is 1.20. The van der Waals surface area contributed by atoms with Gasteiger partial charge >= 0.3 is 0 Å². The molecule has 0 aromatic heterocycles. The summed E-state index contributed by atoms with van der Waals surface area (Å²) in [6.07, 6.45) is 2.61. The minimum atomic E-state index is 0.404. The third-order valence-electron chi connectivity index (χ3n) is 4.11. The molecule has 1 saturated heterocycles. The maximum Gasteiger partial charge on any atom is 0.0462 e. The lowest BCUT2D eigenvalue weighted by molar-refractivity contribution is 0.0700. The zero-order valence-electron chi connectivity index (χ0n) is 8.74. The molecule has 0 aromatic carbocycles. The summed E-state index contributed by atoms with van der Waals surface area (Å²) in [6, 6.07) is 0. The molecule has 1 aliphatic heterocycles. The smallest absolute Gasteiger partial charge is 0.0462 e. The third-order valence-corrected chi connectivity index (χ3v) is 4.11. The number of aliphatic hydroxyl groups is 1. The second-order valence-electron chi connectivity index (χ2n) is 5.05. The van der Waals surface area contributed by atoms with Crippen LogP contribution in [0.4, 0.5) is 0 Å². The zero-order chi connectivity index (χ0) is 9.42. The van der Waals surface area contributed by atoms with Gasteiger partial charge in [0.2, 0.25) is 0 Å². The van der Waals surface area contributed by atoms with Gasteiger partial charge in [-0.25, -0.2) is 0 Å². The number of likely N-dealkylation sites (tertiary alicyclic amines) is 1. The molecule has 13 heavy (non-hydrogen) atoms. The lowest BCUT2D eigenvalue weighted by atomic mass is 9.78. The summed E-state index contributed by atoms with van der Waals surface area (Å²) in [6.45, 7) is 5.23. The maximum absolute atomic E-state index is 9.26. The molecule has 4 atom stereocenters. The van der Waals surface area contributed by atoms with Crippen molar-refractivity contribution in [2.75, 3.05) is 26.7 Å². The topological polar surface area (TPSA) is 23.5 Å². The van der Waals surface area contributed by atoms with E-state index in [2.05, 4.69) is 18.9 Å². The Morgan fingerprint density at radius 1 is 1.23 bits per heavy atom. The summed E-state index contributed by atoms with van der Waals surface area (Å²) in [5.41, 5.74) is 0. The second-order valence-corrected chi connectivity index (χ2v) is 5.05. The molecule has 1 N–H and O–H groups in total.